The number of halogens is 1. The molecule has 0 radical (unpaired) electrons. The Labute approximate surface area is 175 Å². The molecule has 0 spiro atoms. The molecule has 0 unspecified atom stereocenters. The average Bonchev–Trinajstić information content (AvgIpc) is 2.98. The van der Waals surface area contributed by atoms with Crippen LogP contribution in [-0.4, -0.2) is 31.0 Å². The van der Waals surface area contributed by atoms with Gasteiger partial charge in [-0.05, 0) is 34.7 Å². The topological polar surface area (TPSA) is 99.3 Å². The fourth-order valence-corrected chi connectivity index (χ4v) is 4.84. The Bertz CT molecular complexity index is 1180. The Balaban J connectivity index is 2.12. The summed E-state index contributed by atoms with van der Waals surface area (Å²) in [5.74, 6) is -0.968. The van der Waals surface area contributed by atoms with E-state index in [1.807, 2.05) is 45.0 Å². The van der Waals surface area contributed by atoms with Gasteiger partial charge >= 0.3 is 5.97 Å². The zero-order chi connectivity index (χ0) is 21.4. The van der Waals surface area contributed by atoms with Gasteiger partial charge in [0, 0.05) is 17.4 Å². The molecule has 0 aliphatic rings. The van der Waals surface area contributed by atoms with E-state index >= 15 is 0 Å². The summed E-state index contributed by atoms with van der Waals surface area (Å²) in [6.45, 7) is 6.04. The summed E-state index contributed by atoms with van der Waals surface area (Å²) in [7, 11) is -3.83. The van der Waals surface area contributed by atoms with Crippen molar-refractivity contribution < 1.29 is 18.3 Å². The number of para-hydroxylation sites is 1. The molecule has 0 atom stereocenters. The summed E-state index contributed by atoms with van der Waals surface area (Å²) in [6, 6.07) is 12.0. The van der Waals surface area contributed by atoms with E-state index in [-0.39, 0.29) is 28.3 Å². The van der Waals surface area contributed by atoms with Gasteiger partial charge in [-0.3, -0.25) is 4.79 Å². The van der Waals surface area contributed by atoms with Gasteiger partial charge < -0.3 is 10.1 Å². The number of aromatic amines is 1. The first kappa shape index (κ1) is 21.4. The lowest BCUT2D eigenvalue weighted by Gasteiger charge is -2.19. The maximum Gasteiger partial charge on any atom is 0.307 e. The summed E-state index contributed by atoms with van der Waals surface area (Å²) in [5.41, 5.74) is 2.27. The summed E-state index contributed by atoms with van der Waals surface area (Å²) < 4.78 is 28.2. The highest BCUT2D eigenvalue weighted by atomic mass is 35.5. The van der Waals surface area contributed by atoms with E-state index in [2.05, 4.69) is 9.71 Å². The number of rotatable bonds is 6. The van der Waals surface area contributed by atoms with Crippen LogP contribution in [0.5, 0.6) is 0 Å². The van der Waals surface area contributed by atoms with Gasteiger partial charge in [-0.1, -0.05) is 56.6 Å². The van der Waals surface area contributed by atoms with Crippen LogP contribution in [0.4, 0.5) is 0 Å². The molecule has 0 aliphatic carbocycles. The monoisotopic (exact) mass is 434 g/mol. The predicted octanol–water partition coefficient (Wildman–Crippen LogP) is 4.44. The second-order valence-electron chi connectivity index (χ2n) is 8.13. The Morgan fingerprint density at radius 2 is 1.86 bits per heavy atom. The van der Waals surface area contributed by atoms with Gasteiger partial charge in [-0.25, -0.2) is 13.1 Å². The number of nitrogens with one attached hydrogen (secondary N) is 2. The Morgan fingerprint density at radius 3 is 2.52 bits per heavy atom. The molecule has 3 N–H and O–H groups in total. The van der Waals surface area contributed by atoms with E-state index in [1.165, 1.54) is 12.1 Å². The highest BCUT2D eigenvalue weighted by Gasteiger charge is 2.23. The third-order valence-corrected chi connectivity index (χ3v) is 6.33. The van der Waals surface area contributed by atoms with Gasteiger partial charge in [0.05, 0.1) is 17.1 Å². The summed E-state index contributed by atoms with van der Waals surface area (Å²) >= 11 is 6.20. The predicted molar refractivity (Wildman–Crippen MR) is 115 cm³/mol. The van der Waals surface area contributed by atoms with Gasteiger partial charge in [0.2, 0.25) is 10.0 Å². The van der Waals surface area contributed by atoms with Crippen molar-refractivity contribution in [3.05, 3.63) is 53.1 Å². The highest BCUT2D eigenvalue weighted by molar-refractivity contribution is 7.89. The SMILES string of the molecule is CC(C)(C)CNS(=O)(=O)c1cc(-c2[nH]c3ccccc3c2CC(=O)O)ccc1Cl. The zero-order valence-electron chi connectivity index (χ0n) is 16.4. The Kier molecular flexibility index (Phi) is 5.76. The second kappa shape index (κ2) is 7.82. The van der Waals surface area contributed by atoms with Crippen molar-refractivity contribution in [3.63, 3.8) is 0 Å². The normalized spacial score (nSPS) is 12.4. The van der Waals surface area contributed by atoms with Crippen LogP contribution in [0.15, 0.2) is 47.4 Å². The van der Waals surface area contributed by atoms with Crippen molar-refractivity contribution in [2.45, 2.75) is 32.1 Å². The maximum absolute atomic E-state index is 12.8. The van der Waals surface area contributed by atoms with E-state index < -0.39 is 16.0 Å². The fraction of sp³-hybridized carbons (Fsp3) is 0.286. The Hall–Kier alpha value is -2.35. The van der Waals surface area contributed by atoms with Crippen molar-refractivity contribution in [2.75, 3.05) is 6.54 Å². The minimum absolute atomic E-state index is 0.0409. The van der Waals surface area contributed by atoms with Crippen LogP contribution < -0.4 is 4.72 Å². The quantitative estimate of drug-likeness (QED) is 0.534. The number of hydrogen-bond donors (Lipinski definition) is 3. The van der Waals surface area contributed by atoms with Crippen molar-refractivity contribution >= 4 is 38.5 Å². The van der Waals surface area contributed by atoms with Crippen molar-refractivity contribution in [2.24, 2.45) is 5.41 Å². The molecule has 0 aliphatic heterocycles. The summed E-state index contributed by atoms with van der Waals surface area (Å²) in [4.78, 5) is 14.6. The molecule has 0 amide bonds. The number of hydrogen-bond acceptors (Lipinski definition) is 3. The van der Waals surface area contributed by atoms with Crippen molar-refractivity contribution in [1.82, 2.24) is 9.71 Å². The van der Waals surface area contributed by atoms with Crippen LogP contribution in [0, 0.1) is 5.41 Å². The minimum Gasteiger partial charge on any atom is -0.481 e. The van der Waals surface area contributed by atoms with Crippen LogP contribution in [0.2, 0.25) is 5.02 Å². The smallest absolute Gasteiger partial charge is 0.307 e. The molecule has 0 bridgehead atoms. The number of fused-ring (bicyclic) bond motifs is 1. The fourth-order valence-electron chi connectivity index (χ4n) is 3.04. The van der Waals surface area contributed by atoms with Gasteiger partial charge in [-0.2, -0.15) is 0 Å². The number of H-pyrrole nitrogens is 1. The van der Waals surface area contributed by atoms with E-state index in [0.29, 0.717) is 16.8 Å². The van der Waals surface area contributed by atoms with Gasteiger partial charge in [0.1, 0.15) is 4.90 Å². The number of carboxylic acids is 1. The van der Waals surface area contributed by atoms with E-state index in [4.69, 9.17) is 11.6 Å². The molecule has 154 valence electrons. The first-order valence-corrected chi connectivity index (χ1v) is 10.9. The van der Waals surface area contributed by atoms with Crippen LogP contribution in [0.1, 0.15) is 26.3 Å². The lowest BCUT2D eigenvalue weighted by atomic mass is 9.98. The molecule has 6 nitrogen and oxygen atoms in total. The molecule has 8 heteroatoms. The van der Waals surface area contributed by atoms with E-state index in [1.54, 1.807) is 6.07 Å². The Morgan fingerprint density at radius 1 is 1.17 bits per heavy atom. The molecular formula is C21H23ClN2O4S. The number of carbonyl (C=O) groups is 1. The number of carboxylic acid groups (broad SMARTS) is 1. The van der Waals surface area contributed by atoms with Crippen molar-refractivity contribution in [3.8, 4) is 11.3 Å². The van der Waals surface area contributed by atoms with Gasteiger partial charge in [-0.15, -0.1) is 0 Å². The molecule has 0 saturated heterocycles. The van der Waals surface area contributed by atoms with Gasteiger partial charge in [0.25, 0.3) is 0 Å². The third-order valence-electron chi connectivity index (χ3n) is 4.44. The molecule has 3 rings (SSSR count). The molecule has 1 heterocycles. The molecule has 0 saturated carbocycles. The highest BCUT2D eigenvalue weighted by Crippen LogP contribution is 2.34. The molecule has 29 heavy (non-hydrogen) atoms. The largest absolute Gasteiger partial charge is 0.481 e. The molecule has 1 aromatic heterocycles. The second-order valence-corrected chi connectivity index (χ2v) is 10.3. The molecule has 3 aromatic rings. The number of aromatic nitrogens is 1. The first-order chi connectivity index (χ1) is 13.5. The van der Waals surface area contributed by atoms with E-state index in [9.17, 15) is 18.3 Å². The standard InChI is InChI=1S/C21H23ClN2O4S/c1-21(2,3)12-23-29(27,28)18-10-13(8-9-16(18)22)20-15(11-19(25)26)14-6-4-5-7-17(14)24-20/h4-10,23-24H,11-12H2,1-3H3,(H,25,26). The zero-order valence-corrected chi connectivity index (χ0v) is 18.0. The van der Waals surface area contributed by atoms with E-state index in [0.717, 1.165) is 10.9 Å². The van der Waals surface area contributed by atoms with Crippen molar-refractivity contribution in [1.29, 1.82) is 0 Å². The number of aliphatic carboxylic acids is 1. The van der Waals surface area contributed by atoms with Gasteiger partial charge in [0.15, 0.2) is 0 Å². The average molecular weight is 435 g/mol. The maximum atomic E-state index is 12.8. The number of sulfonamides is 1. The van der Waals surface area contributed by atoms with Crippen LogP contribution in [-0.2, 0) is 21.2 Å². The third kappa shape index (κ3) is 4.80. The molecule has 2 aromatic carbocycles. The van der Waals surface area contributed by atoms with Crippen LogP contribution in [0.25, 0.3) is 22.2 Å². The molecular weight excluding hydrogens is 412 g/mol. The molecule has 0 fully saturated rings. The van der Waals surface area contributed by atoms with Crippen LogP contribution >= 0.6 is 11.6 Å². The first-order valence-electron chi connectivity index (χ1n) is 9.09. The summed E-state index contributed by atoms with van der Waals surface area (Å²) in [5, 5.41) is 10.2. The number of benzene rings is 2. The van der Waals surface area contributed by atoms with Crippen LogP contribution in [0.3, 0.4) is 0 Å². The lowest BCUT2D eigenvalue weighted by Crippen LogP contribution is -2.32. The summed E-state index contributed by atoms with van der Waals surface area (Å²) in [6.07, 6.45) is -0.188. The lowest BCUT2D eigenvalue weighted by molar-refractivity contribution is -0.136. The minimum atomic E-state index is -3.83.